The Bertz CT molecular complexity index is 829. The van der Waals surface area contributed by atoms with Gasteiger partial charge in [-0.25, -0.2) is 0 Å². The van der Waals surface area contributed by atoms with Crippen LogP contribution in [-0.4, -0.2) is 22.9 Å². The predicted octanol–water partition coefficient (Wildman–Crippen LogP) is 1.82. The zero-order valence-corrected chi connectivity index (χ0v) is 12.9. The zero-order valence-electron chi connectivity index (χ0n) is 11.3. The first-order chi connectivity index (χ1) is 10.5. The zero-order chi connectivity index (χ0) is 15.7. The largest absolute Gasteiger partial charge is 0.482 e. The second-order valence-electron chi connectivity index (χ2n) is 4.78. The number of rotatable bonds is 3. The molecule has 0 fully saturated rings. The lowest BCUT2D eigenvalue weighted by Crippen LogP contribution is -2.26. The van der Waals surface area contributed by atoms with Gasteiger partial charge in [-0.1, -0.05) is 0 Å². The van der Waals surface area contributed by atoms with E-state index in [0.29, 0.717) is 21.5 Å². The summed E-state index contributed by atoms with van der Waals surface area (Å²) in [6, 6.07) is 7.80. The number of benzene rings is 1. The van der Waals surface area contributed by atoms with Crippen molar-refractivity contribution in [2.24, 2.45) is 0 Å². The topological polar surface area (TPSA) is 77.4 Å². The number of hydrogen-bond donors (Lipinski definition) is 1. The van der Waals surface area contributed by atoms with Gasteiger partial charge in [-0.3, -0.25) is 14.4 Å². The average Bonchev–Trinajstić information content (AvgIpc) is 2.50. The number of pyridine rings is 1. The Balaban J connectivity index is 1.86. The Hall–Kier alpha value is -2.41. The molecule has 2 heterocycles. The summed E-state index contributed by atoms with van der Waals surface area (Å²) in [5.74, 6) is 0.0268. The molecule has 0 aliphatic carbocycles. The van der Waals surface area contributed by atoms with Crippen LogP contribution in [0.25, 0.3) is 0 Å². The quantitative estimate of drug-likeness (QED) is 0.844. The lowest BCUT2D eigenvalue weighted by atomic mass is 10.1. The summed E-state index contributed by atoms with van der Waals surface area (Å²) in [5, 5.41) is 2.65. The van der Waals surface area contributed by atoms with Gasteiger partial charge >= 0.3 is 0 Å². The van der Waals surface area contributed by atoms with E-state index >= 15 is 0 Å². The number of fused-ring (bicyclic) bond motifs is 1. The van der Waals surface area contributed by atoms with Crippen LogP contribution in [0.1, 0.15) is 10.4 Å². The number of carbonyl (C=O) groups excluding carboxylic acids is 2. The smallest absolute Gasteiger partial charge is 0.262 e. The molecule has 1 aliphatic rings. The summed E-state index contributed by atoms with van der Waals surface area (Å²) >= 11 is 3.26. The van der Waals surface area contributed by atoms with Crippen molar-refractivity contribution in [1.29, 1.82) is 0 Å². The summed E-state index contributed by atoms with van der Waals surface area (Å²) in [7, 11) is 0. The lowest BCUT2D eigenvalue weighted by Gasteiger charge is -2.18. The van der Waals surface area contributed by atoms with Crippen LogP contribution in [0.4, 0.5) is 5.69 Å². The summed E-state index contributed by atoms with van der Waals surface area (Å²) in [6.45, 7) is -0.112. The van der Waals surface area contributed by atoms with Gasteiger partial charge < -0.3 is 14.6 Å². The second kappa shape index (κ2) is 5.76. The van der Waals surface area contributed by atoms with E-state index in [4.69, 9.17) is 4.74 Å². The minimum atomic E-state index is -0.264. The van der Waals surface area contributed by atoms with Crippen molar-refractivity contribution in [3.05, 3.63) is 56.9 Å². The number of anilines is 1. The van der Waals surface area contributed by atoms with Crippen molar-refractivity contribution in [3.63, 3.8) is 0 Å². The van der Waals surface area contributed by atoms with E-state index in [0.717, 1.165) is 0 Å². The highest BCUT2D eigenvalue weighted by molar-refractivity contribution is 9.10. The summed E-state index contributed by atoms with van der Waals surface area (Å²) in [6.07, 6.45) is 1.56. The maximum absolute atomic E-state index is 12.3. The van der Waals surface area contributed by atoms with Crippen LogP contribution in [0.3, 0.4) is 0 Å². The number of ketones is 1. The fourth-order valence-electron chi connectivity index (χ4n) is 2.13. The maximum Gasteiger partial charge on any atom is 0.262 e. The van der Waals surface area contributed by atoms with Crippen molar-refractivity contribution >= 4 is 33.3 Å². The maximum atomic E-state index is 12.3. The monoisotopic (exact) mass is 362 g/mol. The highest BCUT2D eigenvalue weighted by Crippen LogP contribution is 2.28. The molecule has 7 heteroatoms. The van der Waals surface area contributed by atoms with Gasteiger partial charge in [-0.15, -0.1) is 0 Å². The molecule has 1 aromatic heterocycles. The third kappa shape index (κ3) is 2.94. The van der Waals surface area contributed by atoms with Gasteiger partial charge in [0.25, 0.3) is 11.5 Å². The van der Waals surface area contributed by atoms with Crippen LogP contribution < -0.4 is 15.6 Å². The van der Waals surface area contributed by atoms with Crippen LogP contribution in [0, 0.1) is 0 Å². The minimum Gasteiger partial charge on any atom is -0.482 e. The van der Waals surface area contributed by atoms with E-state index in [9.17, 15) is 14.4 Å². The van der Waals surface area contributed by atoms with Crippen molar-refractivity contribution in [2.75, 3.05) is 11.9 Å². The Morgan fingerprint density at radius 2 is 2.09 bits per heavy atom. The highest BCUT2D eigenvalue weighted by Gasteiger charge is 2.18. The number of hydrogen-bond acceptors (Lipinski definition) is 4. The van der Waals surface area contributed by atoms with Crippen molar-refractivity contribution in [3.8, 4) is 5.75 Å². The molecule has 0 spiro atoms. The third-order valence-electron chi connectivity index (χ3n) is 3.20. The molecule has 112 valence electrons. The molecule has 0 atom stereocenters. The van der Waals surface area contributed by atoms with E-state index in [1.807, 2.05) is 0 Å². The molecule has 0 radical (unpaired) electrons. The van der Waals surface area contributed by atoms with Gasteiger partial charge in [0.1, 0.15) is 5.75 Å². The van der Waals surface area contributed by atoms with Crippen LogP contribution in [-0.2, 0) is 11.3 Å². The van der Waals surface area contributed by atoms with Crippen molar-refractivity contribution in [2.45, 2.75) is 6.54 Å². The number of aromatic nitrogens is 1. The summed E-state index contributed by atoms with van der Waals surface area (Å²) in [4.78, 5) is 35.4. The van der Waals surface area contributed by atoms with Gasteiger partial charge in [-0.05, 0) is 40.2 Å². The first-order valence-corrected chi connectivity index (χ1v) is 7.28. The number of halogens is 1. The van der Waals surface area contributed by atoms with Crippen LogP contribution in [0.15, 0.2) is 45.8 Å². The van der Waals surface area contributed by atoms with E-state index in [2.05, 4.69) is 21.2 Å². The van der Waals surface area contributed by atoms with E-state index in [1.165, 1.54) is 10.6 Å². The van der Waals surface area contributed by atoms with Gasteiger partial charge in [-0.2, -0.15) is 0 Å². The number of carbonyl (C=O) groups is 2. The third-order valence-corrected chi connectivity index (χ3v) is 3.66. The van der Waals surface area contributed by atoms with Gasteiger partial charge in [0, 0.05) is 22.3 Å². The molecule has 3 rings (SSSR count). The van der Waals surface area contributed by atoms with Crippen LogP contribution in [0.2, 0.25) is 0 Å². The first-order valence-electron chi connectivity index (χ1n) is 6.49. The Kier molecular flexibility index (Phi) is 3.81. The molecular formula is C15H11BrN2O4. The standard InChI is InChI=1S/C15H11BrN2O4/c16-10-2-4-15(21)18(6-10)7-12(19)9-1-3-13-11(5-9)17-14(20)8-22-13/h1-6H,7-8H2,(H,17,20). The molecule has 0 saturated carbocycles. The average molecular weight is 363 g/mol. The molecule has 2 aromatic rings. The molecule has 6 nitrogen and oxygen atoms in total. The van der Waals surface area contributed by atoms with Crippen molar-refractivity contribution in [1.82, 2.24) is 4.57 Å². The molecule has 0 unspecified atom stereocenters. The molecule has 1 amide bonds. The van der Waals surface area contributed by atoms with E-state index in [-0.39, 0.29) is 30.4 Å². The molecule has 1 aliphatic heterocycles. The highest BCUT2D eigenvalue weighted by atomic mass is 79.9. The summed E-state index contributed by atoms with van der Waals surface area (Å²) in [5.41, 5.74) is 0.603. The molecule has 1 N–H and O–H groups in total. The molecular weight excluding hydrogens is 352 g/mol. The Morgan fingerprint density at radius 1 is 1.27 bits per heavy atom. The van der Waals surface area contributed by atoms with E-state index in [1.54, 1.807) is 30.5 Å². The Labute approximate surface area is 133 Å². The number of nitrogens with one attached hydrogen (secondary N) is 1. The number of amides is 1. The predicted molar refractivity (Wildman–Crippen MR) is 83.3 cm³/mol. The van der Waals surface area contributed by atoms with Gasteiger partial charge in [0.2, 0.25) is 0 Å². The van der Waals surface area contributed by atoms with Crippen LogP contribution in [0.5, 0.6) is 5.75 Å². The van der Waals surface area contributed by atoms with E-state index < -0.39 is 0 Å². The number of Topliss-reactive ketones (excluding diaryl/α,β-unsaturated/α-hetero) is 1. The molecule has 0 saturated heterocycles. The van der Waals surface area contributed by atoms with Gasteiger partial charge in [0.15, 0.2) is 12.4 Å². The normalized spacial score (nSPS) is 13.0. The first kappa shape index (κ1) is 14.5. The summed E-state index contributed by atoms with van der Waals surface area (Å²) < 4.78 is 7.27. The second-order valence-corrected chi connectivity index (χ2v) is 5.70. The Morgan fingerprint density at radius 3 is 2.91 bits per heavy atom. The SMILES string of the molecule is O=C1COc2ccc(C(=O)Cn3cc(Br)ccc3=O)cc2N1. The number of ether oxygens (including phenoxy) is 1. The van der Waals surface area contributed by atoms with Crippen LogP contribution >= 0.6 is 15.9 Å². The lowest BCUT2D eigenvalue weighted by molar-refractivity contribution is -0.118. The van der Waals surface area contributed by atoms with Crippen molar-refractivity contribution < 1.29 is 14.3 Å². The number of nitrogens with zero attached hydrogens (tertiary/aromatic N) is 1. The van der Waals surface area contributed by atoms with Gasteiger partial charge in [0.05, 0.1) is 12.2 Å². The molecule has 22 heavy (non-hydrogen) atoms. The fourth-order valence-corrected chi connectivity index (χ4v) is 2.51. The molecule has 0 bridgehead atoms. The molecule has 1 aromatic carbocycles. The minimum absolute atomic E-state index is 0.0340. The fraction of sp³-hybridized carbons (Fsp3) is 0.133.